The van der Waals surface area contributed by atoms with Crippen LogP contribution in [0.15, 0.2) is 10.9 Å². The van der Waals surface area contributed by atoms with Gasteiger partial charge in [-0.2, -0.15) is 4.98 Å². The molecule has 2 rings (SSSR count). The molecule has 0 saturated carbocycles. The molecule has 0 aromatic carbocycles. The van der Waals surface area contributed by atoms with Crippen molar-refractivity contribution in [3.63, 3.8) is 0 Å². The minimum absolute atomic E-state index is 0.552. The average molecular weight is 284 g/mol. The van der Waals surface area contributed by atoms with E-state index in [2.05, 4.69) is 32.3 Å². The fourth-order valence-corrected chi connectivity index (χ4v) is 1.95. The van der Waals surface area contributed by atoms with Crippen LogP contribution < -0.4 is 5.32 Å². The van der Waals surface area contributed by atoms with Crippen molar-refractivity contribution in [3.8, 4) is 0 Å². The maximum atomic E-state index is 6.08. The summed E-state index contributed by atoms with van der Waals surface area (Å²) in [5.41, 5.74) is 0.929. The Morgan fingerprint density at radius 1 is 1.42 bits per heavy atom. The van der Waals surface area contributed by atoms with E-state index in [1.54, 1.807) is 0 Å². The van der Waals surface area contributed by atoms with Gasteiger partial charge in [0.1, 0.15) is 5.82 Å². The Kier molecular flexibility index (Phi) is 5.35. The van der Waals surface area contributed by atoms with Crippen LogP contribution in [0, 0.1) is 0 Å². The molecule has 19 heavy (non-hydrogen) atoms. The normalized spacial score (nSPS) is 11.1. The molecule has 0 bridgehead atoms. The van der Waals surface area contributed by atoms with Crippen molar-refractivity contribution in [3.05, 3.63) is 28.9 Å². The average Bonchev–Trinajstić information content (AvgIpc) is 3.02. The summed E-state index contributed by atoms with van der Waals surface area (Å²) in [6.07, 6.45) is 5.32. The van der Waals surface area contributed by atoms with E-state index in [-0.39, 0.29) is 0 Å². The zero-order valence-corrected chi connectivity index (χ0v) is 11.7. The minimum atomic E-state index is 0.552. The molecule has 0 aliphatic rings. The quantitative estimate of drug-likeness (QED) is 0.726. The van der Waals surface area contributed by atoms with Crippen molar-refractivity contribution in [2.24, 2.45) is 0 Å². The lowest BCUT2D eigenvalue weighted by molar-refractivity contribution is 0.375. The number of hydrogen-bond acceptors (Lipinski definition) is 5. The predicted octanol–water partition coefficient (Wildman–Crippen LogP) is 2.12. The third-order valence-corrected chi connectivity index (χ3v) is 3.08. The second-order valence-electron chi connectivity index (χ2n) is 4.32. The second-order valence-corrected chi connectivity index (χ2v) is 4.68. The van der Waals surface area contributed by atoms with E-state index in [9.17, 15) is 0 Å². The summed E-state index contributed by atoms with van der Waals surface area (Å²) in [4.78, 5) is 11.5. The number of aryl methyl sites for hydroxylation is 1. The topological polar surface area (TPSA) is 79.6 Å². The highest BCUT2D eigenvalue weighted by atomic mass is 35.5. The molecule has 104 valence electrons. The van der Waals surface area contributed by atoms with Gasteiger partial charge >= 0.3 is 0 Å². The minimum Gasteiger partial charge on any atom is -0.344 e. The lowest BCUT2D eigenvalue weighted by Gasteiger charge is -2.01. The number of nitrogens with one attached hydrogen (secondary N) is 2. The van der Waals surface area contributed by atoms with Crippen LogP contribution in [0.5, 0.6) is 0 Å². The van der Waals surface area contributed by atoms with Crippen molar-refractivity contribution in [1.82, 2.24) is 25.4 Å². The number of H-pyrrole nitrogens is 1. The van der Waals surface area contributed by atoms with Crippen LogP contribution >= 0.6 is 11.6 Å². The van der Waals surface area contributed by atoms with Crippen molar-refractivity contribution in [1.29, 1.82) is 0 Å². The molecule has 0 saturated heterocycles. The number of unbranched alkanes of at least 4 members (excludes halogenated alkanes) is 1. The summed E-state index contributed by atoms with van der Waals surface area (Å²) >= 11 is 6.08. The molecule has 6 nitrogen and oxygen atoms in total. The maximum Gasteiger partial charge on any atom is 0.227 e. The van der Waals surface area contributed by atoms with Crippen LogP contribution in [-0.2, 0) is 19.4 Å². The number of nitrogens with zero attached hydrogens (tertiary/aromatic N) is 3. The standard InChI is InChI=1S/C12H18ClN5O/c1-2-3-4-10-17-9(12(13)18-10)7-14-6-5-11-15-8-16-19-11/h8,14H,2-7H2,1H3,(H,17,18). The molecule has 0 spiro atoms. The maximum absolute atomic E-state index is 6.08. The fraction of sp³-hybridized carbons (Fsp3) is 0.583. The van der Waals surface area contributed by atoms with Gasteiger partial charge in [-0.15, -0.1) is 0 Å². The summed E-state index contributed by atoms with van der Waals surface area (Å²) in [6, 6.07) is 0. The Morgan fingerprint density at radius 2 is 2.32 bits per heavy atom. The van der Waals surface area contributed by atoms with E-state index < -0.39 is 0 Å². The van der Waals surface area contributed by atoms with Crippen LogP contribution in [0.25, 0.3) is 0 Å². The largest absolute Gasteiger partial charge is 0.344 e. The first kappa shape index (κ1) is 14.0. The lowest BCUT2D eigenvalue weighted by Crippen LogP contribution is -2.17. The Hall–Kier alpha value is -1.40. The molecule has 0 aliphatic carbocycles. The Labute approximate surface area is 117 Å². The van der Waals surface area contributed by atoms with E-state index in [4.69, 9.17) is 16.1 Å². The zero-order valence-electron chi connectivity index (χ0n) is 10.9. The van der Waals surface area contributed by atoms with Crippen LogP contribution in [0.3, 0.4) is 0 Å². The first-order chi connectivity index (χ1) is 9.29. The molecule has 0 atom stereocenters. The zero-order chi connectivity index (χ0) is 13.5. The number of rotatable bonds is 8. The van der Waals surface area contributed by atoms with Gasteiger partial charge in [-0.05, 0) is 6.42 Å². The van der Waals surface area contributed by atoms with Gasteiger partial charge in [0.05, 0.1) is 5.69 Å². The highest BCUT2D eigenvalue weighted by Crippen LogP contribution is 2.13. The molecule has 0 radical (unpaired) electrons. The molecular weight excluding hydrogens is 266 g/mol. The predicted molar refractivity (Wildman–Crippen MR) is 71.9 cm³/mol. The van der Waals surface area contributed by atoms with Crippen LogP contribution in [0.2, 0.25) is 5.15 Å². The highest BCUT2D eigenvalue weighted by Gasteiger charge is 2.07. The Bertz CT molecular complexity index is 482. The van der Waals surface area contributed by atoms with E-state index >= 15 is 0 Å². The van der Waals surface area contributed by atoms with Crippen LogP contribution in [0.1, 0.15) is 37.2 Å². The molecule has 2 aromatic heterocycles. The van der Waals surface area contributed by atoms with E-state index in [1.807, 2.05) is 0 Å². The summed E-state index contributed by atoms with van der Waals surface area (Å²) in [6.45, 7) is 3.57. The van der Waals surface area contributed by atoms with Crippen LogP contribution in [0.4, 0.5) is 0 Å². The van der Waals surface area contributed by atoms with Crippen molar-refractivity contribution in [2.75, 3.05) is 6.54 Å². The smallest absolute Gasteiger partial charge is 0.227 e. The molecule has 7 heteroatoms. The number of aromatic amines is 1. The van der Waals surface area contributed by atoms with Gasteiger partial charge in [-0.1, -0.05) is 30.1 Å². The Balaban J connectivity index is 1.74. The van der Waals surface area contributed by atoms with E-state index in [0.29, 0.717) is 24.0 Å². The molecule has 0 unspecified atom stereocenters. The van der Waals surface area contributed by atoms with Gasteiger partial charge in [0, 0.05) is 25.9 Å². The van der Waals surface area contributed by atoms with Gasteiger partial charge in [0.2, 0.25) is 5.89 Å². The summed E-state index contributed by atoms with van der Waals surface area (Å²) < 4.78 is 4.91. The van der Waals surface area contributed by atoms with Gasteiger partial charge in [-0.25, -0.2) is 4.98 Å². The summed E-state index contributed by atoms with van der Waals surface area (Å²) in [7, 11) is 0. The summed E-state index contributed by atoms with van der Waals surface area (Å²) in [5.74, 6) is 1.59. The number of aromatic nitrogens is 4. The van der Waals surface area contributed by atoms with E-state index in [0.717, 1.165) is 37.3 Å². The number of imidazole rings is 1. The highest BCUT2D eigenvalue weighted by molar-refractivity contribution is 6.30. The third-order valence-electron chi connectivity index (χ3n) is 2.77. The van der Waals surface area contributed by atoms with Gasteiger partial charge in [0.25, 0.3) is 0 Å². The monoisotopic (exact) mass is 283 g/mol. The molecule has 0 amide bonds. The van der Waals surface area contributed by atoms with Crippen molar-refractivity contribution in [2.45, 2.75) is 39.2 Å². The van der Waals surface area contributed by atoms with E-state index in [1.165, 1.54) is 6.33 Å². The fourth-order valence-electron chi connectivity index (χ4n) is 1.73. The molecule has 0 fully saturated rings. The molecule has 0 aliphatic heterocycles. The molecule has 2 aromatic rings. The second kappa shape index (κ2) is 7.25. The first-order valence-corrected chi connectivity index (χ1v) is 6.87. The first-order valence-electron chi connectivity index (χ1n) is 6.49. The molecule has 2 heterocycles. The van der Waals surface area contributed by atoms with Crippen molar-refractivity contribution < 1.29 is 4.52 Å². The SMILES string of the molecule is CCCCc1nc(Cl)c(CNCCc2ncno2)[nH]1. The van der Waals surface area contributed by atoms with Gasteiger partial charge in [0.15, 0.2) is 11.5 Å². The summed E-state index contributed by atoms with van der Waals surface area (Å²) in [5, 5.41) is 7.37. The number of hydrogen-bond donors (Lipinski definition) is 2. The van der Waals surface area contributed by atoms with Gasteiger partial charge < -0.3 is 14.8 Å². The van der Waals surface area contributed by atoms with Crippen LogP contribution in [-0.4, -0.2) is 26.7 Å². The van der Waals surface area contributed by atoms with Gasteiger partial charge in [-0.3, -0.25) is 0 Å². The number of halogens is 1. The molecular formula is C12H18ClN5O. The lowest BCUT2D eigenvalue weighted by atomic mass is 10.2. The third kappa shape index (κ3) is 4.33. The van der Waals surface area contributed by atoms with Crippen molar-refractivity contribution >= 4 is 11.6 Å². The Morgan fingerprint density at radius 3 is 3.05 bits per heavy atom. The molecule has 2 N–H and O–H groups in total.